The molecule has 2 heteroatoms. The maximum absolute atomic E-state index is 4.15. The van der Waals surface area contributed by atoms with Gasteiger partial charge in [-0.05, 0) is 37.9 Å². The molecule has 0 radical (unpaired) electrons. The summed E-state index contributed by atoms with van der Waals surface area (Å²) in [7, 11) is 0. The van der Waals surface area contributed by atoms with E-state index in [-0.39, 0.29) is 0 Å². The maximum Gasteiger partial charge on any atom is 0.0372 e. The van der Waals surface area contributed by atoms with Crippen LogP contribution < -0.4 is 5.32 Å². The smallest absolute Gasteiger partial charge is 0.0372 e. The van der Waals surface area contributed by atoms with E-state index in [4.69, 9.17) is 0 Å². The van der Waals surface area contributed by atoms with Crippen molar-refractivity contribution >= 4 is 0 Å². The quantitative estimate of drug-likeness (QED) is 0.720. The zero-order chi connectivity index (χ0) is 11.1. The number of nitrogens with one attached hydrogen (secondary N) is 1. The number of aromatic nitrogens is 1. The number of rotatable bonds is 6. The van der Waals surface area contributed by atoms with Gasteiger partial charge in [0.25, 0.3) is 0 Å². The molecule has 82 valence electrons. The number of pyridine rings is 1. The van der Waals surface area contributed by atoms with Crippen molar-refractivity contribution in [3.63, 3.8) is 0 Å². The summed E-state index contributed by atoms with van der Waals surface area (Å²) >= 11 is 0. The molecule has 2 nitrogen and oxygen atoms in total. The Labute approximate surface area is 92.4 Å². The average molecular weight is 204 g/mol. The highest BCUT2D eigenvalue weighted by molar-refractivity contribution is 5.16. The number of nitrogens with zero attached hydrogens (tertiary/aromatic N) is 1. The minimum Gasteiger partial charge on any atom is -0.310 e. The van der Waals surface area contributed by atoms with Gasteiger partial charge in [0, 0.05) is 18.4 Å². The SMILES string of the molecule is C=C(C)CC(NCCC)c1cccnc1. The molecule has 15 heavy (non-hydrogen) atoms. The lowest BCUT2D eigenvalue weighted by molar-refractivity contribution is 0.526. The summed E-state index contributed by atoms with van der Waals surface area (Å²) in [6.07, 6.45) is 5.86. The van der Waals surface area contributed by atoms with Crippen LogP contribution in [-0.4, -0.2) is 11.5 Å². The van der Waals surface area contributed by atoms with Crippen molar-refractivity contribution in [1.29, 1.82) is 0 Å². The fourth-order valence-electron chi connectivity index (χ4n) is 1.56. The van der Waals surface area contributed by atoms with E-state index in [9.17, 15) is 0 Å². The van der Waals surface area contributed by atoms with Crippen LogP contribution in [-0.2, 0) is 0 Å². The van der Waals surface area contributed by atoms with E-state index in [2.05, 4.69) is 36.8 Å². The zero-order valence-corrected chi connectivity index (χ0v) is 9.66. The van der Waals surface area contributed by atoms with Gasteiger partial charge in [0.2, 0.25) is 0 Å². The van der Waals surface area contributed by atoms with Gasteiger partial charge < -0.3 is 5.32 Å². The molecule has 1 aromatic heterocycles. The zero-order valence-electron chi connectivity index (χ0n) is 9.66. The molecule has 0 fully saturated rings. The molecule has 1 aromatic rings. The van der Waals surface area contributed by atoms with Crippen LogP contribution in [0.4, 0.5) is 0 Å². The van der Waals surface area contributed by atoms with Crippen LogP contribution in [0, 0.1) is 0 Å². The summed E-state index contributed by atoms with van der Waals surface area (Å²) in [5, 5.41) is 3.52. The molecule has 0 aliphatic rings. The van der Waals surface area contributed by atoms with Crippen LogP contribution in [0.15, 0.2) is 36.7 Å². The first-order chi connectivity index (χ1) is 7.24. The van der Waals surface area contributed by atoms with E-state index < -0.39 is 0 Å². The molecule has 0 bridgehead atoms. The van der Waals surface area contributed by atoms with Gasteiger partial charge >= 0.3 is 0 Å². The minimum atomic E-state index is 0.358. The molecule has 1 unspecified atom stereocenters. The Kier molecular flexibility index (Phi) is 5.05. The van der Waals surface area contributed by atoms with Crippen LogP contribution in [0.2, 0.25) is 0 Å². The van der Waals surface area contributed by atoms with Crippen molar-refractivity contribution in [1.82, 2.24) is 10.3 Å². The molecular formula is C13H20N2. The summed E-state index contributed by atoms with van der Waals surface area (Å²) in [6.45, 7) is 9.24. The van der Waals surface area contributed by atoms with Gasteiger partial charge in [0.1, 0.15) is 0 Å². The fourth-order valence-corrected chi connectivity index (χ4v) is 1.56. The summed E-state index contributed by atoms with van der Waals surface area (Å²) in [5.41, 5.74) is 2.45. The maximum atomic E-state index is 4.15. The van der Waals surface area contributed by atoms with Crippen LogP contribution in [0.1, 0.15) is 38.3 Å². The standard InChI is InChI=1S/C13H20N2/c1-4-7-15-13(9-11(2)3)12-6-5-8-14-10-12/h5-6,8,10,13,15H,2,4,7,9H2,1,3H3. The van der Waals surface area contributed by atoms with Gasteiger partial charge in [-0.2, -0.15) is 0 Å². The van der Waals surface area contributed by atoms with Gasteiger partial charge in [-0.15, -0.1) is 6.58 Å². The second-order valence-corrected chi connectivity index (χ2v) is 3.95. The Morgan fingerprint density at radius 3 is 2.93 bits per heavy atom. The molecular weight excluding hydrogens is 184 g/mol. The van der Waals surface area contributed by atoms with E-state index in [0.717, 1.165) is 19.4 Å². The first-order valence-electron chi connectivity index (χ1n) is 5.51. The predicted octanol–water partition coefficient (Wildman–Crippen LogP) is 3.09. The molecule has 1 atom stereocenters. The van der Waals surface area contributed by atoms with Gasteiger partial charge in [-0.25, -0.2) is 0 Å². The monoisotopic (exact) mass is 204 g/mol. The van der Waals surface area contributed by atoms with Crippen molar-refractivity contribution in [3.05, 3.63) is 42.2 Å². The fraction of sp³-hybridized carbons (Fsp3) is 0.462. The van der Waals surface area contributed by atoms with E-state index >= 15 is 0 Å². The lowest BCUT2D eigenvalue weighted by atomic mass is 10.0. The highest BCUT2D eigenvalue weighted by atomic mass is 14.9. The van der Waals surface area contributed by atoms with Gasteiger partial charge in [0.15, 0.2) is 0 Å². The first kappa shape index (κ1) is 11.9. The Morgan fingerprint density at radius 1 is 1.60 bits per heavy atom. The molecule has 0 aliphatic carbocycles. The molecule has 0 saturated carbocycles. The summed E-state index contributed by atoms with van der Waals surface area (Å²) in [6, 6.07) is 4.45. The summed E-state index contributed by atoms with van der Waals surface area (Å²) in [4.78, 5) is 4.15. The lowest BCUT2D eigenvalue weighted by Gasteiger charge is -2.18. The summed E-state index contributed by atoms with van der Waals surface area (Å²) < 4.78 is 0. The average Bonchev–Trinajstić information content (AvgIpc) is 2.25. The van der Waals surface area contributed by atoms with E-state index in [1.807, 2.05) is 12.3 Å². The number of hydrogen-bond acceptors (Lipinski definition) is 2. The Morgan fingerprint density at radius 2 is 2.40 bits per heavy atom. The van der Waals surface area contributed by atoms with Crippen LogP contribution in [0.3, 0.4) is 0 Å². The Balaban J connectivity index is 2.67. The Hall–Kier alpha value is -1.15. The molecule has 1 rings (SSSR count). The third-order valence-electron chi connectivity index (χ3n) is 2.28. The number of hydrogen-bond donors (Lipinski definition) is 1. The molecule has 0 aromatic carbocycles. The lowest BCUT2D eigenvalue weighted by Crippen LogP contribution is -2.22. The molecule has 1 N–H and O–H groups in total. The largest absolute Gasteiger partial charge is 0.310 e. The Bertz CT molecular complexity index is 293. The molecule has 0 amide bonds. The third kappa shape index (κ3) is 4.26. The van der Waals surface area contributed by atoms with E-state index in [1.165, 1.54) is 11.1 Å². The van der Waals surface area contributed by atoms with Gasteiger partial charge in [-0.3, -0.25) is 4.98 Å². The third-order valence-corrected chi connectivity index (χ3v) is 2.28. The van der Waals surface area contributed by atoms with Crippen LogP contribution in [0.5, 0.6) is 0 Å². The molecule has 0 saturated heterocycles. The molecule has 0 spiro atoms. The minimum absolute atomic E-state index is 0.358. The van der Waals surface area contributed by atoms with E-state index in [0.29, 0.717) is 6.04 Å². The predicted molar refractivity (Wildman–Crippen MR) is 64.7 cm³/mol. The highest BCUT2D eigenvalue weighted by Crippen LogP contribution is 2.19. The van der Waals surface area contributed by atoms with Gasteiger partial charge in [0.05, 0.1) is 0 Å². The van der Waals surface area contributed by atoms with Gasteiger partial charge in [-0.1, -0.05) is 18.6 Å². The summed E-state index contributed by atoms with van der Waals surface area (Å²) in [5.74, 6) is 0. The van der Waals surface area contributed by atoms with Crippen molar-refractivity contribution in [2.45, 2.75) is 32.7 Å². The second-order valence-electron chi connectivity index (χ2n) is 3.95. The highest BCUT2D eigenvalue weighted by Gasteiger charge is 2.09. The van der Waals surface area contributed by atoms with E-state index in [1.54, 1.807) is 6.20 Å². The molecule has 1 heterocycles. The van der Waals surface area contributed by atoms with Crippen molar-refractivity contribution in [2.24, 2.45) is 0 Å². The van der Waals surface area contributed by atoms with Crippen molar-refractivity contribution in [2.75, 3.05) is 6.54 Å². The normalized spacial score (nSPS) is 12.4. The van der Waals surface area contributed by atoms with Crippen LogP contribution in [0.25, 0.3) is 0 Å². The first-order valence-corrected chi connectivity index (χ1v) is 5.51. The molecule has 0 aliphatic heterocycles. The van der Waals surface area contributed by atoms with Crippen molar-refractivity contribution < 1.29 is 0 Å². The second kappa shape index (κ2) is 6.36. The van der Waals surface area contributed by atoms with Crippen LogP contribution >= 0.6 is 0 Å². The van der Waals surface area contributed by atoms with Crippen molar-refractivity contribution in [3.8, 4) is 0 Å². The topological polar surface area (TPSA) is 24.9 Å².